The van der Waals surface area contributed by atoms with Crippen LogP contribution in [0.4, 0.5) is 4.39 Å². The van der Waals surface area contributed by atoms with Gasteiger partial charge in [0, 0.05) is 30.7 Å². The van der Waals surface area contributed by atoms with Crippen molar-refractivity contribution in [3.8, 4) is 0 Å². The van der Waals surface area contributed by atoms with E-state index in [1.165, 1.54) is 14.2 Å². The number of halogens is 2. The molecule has 0 saturated heterocycles. The van der Waals surface area contributed by atoms with Crippen molar-refractivity contribution in [3.05, 3.63) is 33.3 Å². The molecule has 0 aliphatic heterocycles. The predicted molar refractivity (Wildman–Crippen MR) is 63.2 cm³/mol. The normalized spacial score (nSPS) is 22.2. The summed E-state index contributed by atoms with van der Waals surface area (Å²) in [6.07, 6.45) is -0.853. The van der Waals surface area contributed by atoms with Crippen molar-refractivity contribution in [2.24, 2.45) is 0 Å². The van der Waals surface area contributed by atoms with Crippen LogP contribution in [0.1, 0.15) is 16.7 Å². The van der Waals surface area contributed by atoms with Gasteiger partial charge in [-0.2, -0.15) is 0 Å². The SMILES string of the molecule is COC1(OC)c2c(C)ccc(Br)c2CC1F. The van der Waals surface area contributed by atoms with E-state index in [2.05, 4.69) is 15.9 Å². The first-order chi connectivity index (χ1) is 7.56. The number of fused-ring (bicyclic) bond motifs is 1. The molecule has 1 aliphatic rings. The Bertz CT molecular complexity index is 416. The third-order valence-electron chi connectivity index (χ3n) is 3.21. The molecule has 4 heteroatoms. The first-order valence-electron chi connectivity index (χ1n) is 5.09. The molecule has 0 saturated carbocycles. The van der Waals surface area contributed by atoms with Gasteiger partial charge in [-0.3, -0.25) is 0 Å². The summed E-state index contributed by atoms with van der Waals surface area (Å²) in [6.45, 7) is 1.94. The van der Waals surface area contributed by atoms with Crippen molar-refractivity contribution < 1.29 is 13.9 Å². The van der Waals surface area contributed by atoms with Crippen LogP contribution in [0.25, 0.3) is 0 Å². The van der Waals surface area contributed by atoms with E-state index in [0.29, 0.717) is 6.42 Å². The maximum atomic E-state index is 14.1. The van der Waals surface area contributed by atoms with Gasteiger partial charge in [0.2, 0.25) is 5.79 Å². The standard InChI is InChI=1S/C12H14BrFO2/c1-7-4-5-9(13)8-6-10(14)12(15-2,16-3)11(7)8/h4-5,10H,6H2,1-3H3. The molecule has 0 N–H and O–H groups in total. The minimum atomic E-state index is -1.25. The van der Waals surface area contributed by atoms with Crippen molar-refractivity contribution in [2.45, 2.75) is 25.3 Å². The van der Waals surface area contributed by atoms with Crippen molar-refractivity contribution in [1.29, 1.82) is 0 Å². The van der Waals surface area contributed by atoms with Crippen LogP contribution in [0.2, 0.25) is 0 Å². The zero-order chi connectivity index (χ0) is 11.9. The summed E-state index contributed by atoms with van der Waals surface area (Å²) in [5.74, 6) is -1.25. The molecule has 0 aromatic heterocycles. The van der Waals surface area contributed by atoms with E-state index in [0.717, 1.165) is 21.2 Å². The van der Waals surface area contributed by atoms with Gasteiger partial charge in [-0.05, 0) is 24.1 Å². The monoisotopic (exact) mass is 288 g/mol. The van der Waals surface area contributed by atoms with E-state index >= 15 is 0 Å². The van der Waals surface area contributed by atoms with Crippen LogP contribution < -0.4 is 0 Å². The Kier molecular flexibility index (Phi) is 3.07. The fraction of sp³-hybridized carbons (Fsp3) is 0.500. The fourth-order valence-electron chi connectivity index (χ4n) is 2.44. The Morgan fingerprint density at radius 3 is 2.56 bits per heavy atom. The van der Waals surface area contributed by atoms with Gasteiger partial charge in [-0.1, -0.05) is 22.0 Å². The second-order valence-electron chi connectivity index (χ2n) is 3.97. The molecule has 1 aromatic carbocycles. The van der Waals surface area contributed by atoms with E-state index < -0.39 is 12.0 Å². The van der Waals surface area contributed by atoms with E-state index in [-0.39, 0.29) is 0 Å². The molecule has 2 nitrogen and oxygen atoms in total. The number of hydrogen-bond acceptors (Lipinski definition) is 2. The molecule has 2 rings (SSSR count). The lowest BCUT2D eigenvalue weighted by Gasteiger charge is -2.30. The molecule has 0 heterocycles. The van der Waals surface area contributed by atoms with Gasteiger partial charge in [0.05, 0.1) is 0 Å². The van der Waals surface area contributed by atoms with Crippen LogP contribution in [-0.4, -0.2) is 20.4 Å². The second-order valence-corrected chi connectivity index (χ2v) is 4.82. The van der Waals surface area contributed by atoms with Crippen LogP contribution >= 0.6 is 15.9 Å². The Labute approximate surface area is 103 Å². The fourth-order valence-corrected chi connectivity index (χ4v) is 2.93. The molecule has 1 unspecified atom stereocenters. The van der Waals surface area contributed by atoms with E-state index in [9.17, 15) is 4.39 Å². The number of ether oxygens (including phenoxy) is 2. The van der Waals surface area contributed by atoms with Gasteiger partial charge in [0.1, 0.15) is 0 Å². The summed E-state index contributed by atoms with van der Waals surface area (Å²) in [7, 11) is 2.96. The van der Waals surface area contributed by atoms with E-state index in [1.54, 1.807) is 0 Å². The number of alkyl halides is 1. The molecule has 0 bridgehead atoms. The lowest BCUT2D eigenvalue weighted by Crippen LogP contribution is -2.37. The number of rotatable bonds is 2. The molecular weight excluding hydrogens is 275 g/mol. The largest absolute Gasteiger partial charge is 0.347 e. The summed E-state index contributed by atoms with van der Waals surface area (Å²) < 4.78 is 25.6. The zero-order valence-electron chi connectivity index (χ0n) is 9.51. The van der Waals surface area contributed by atoms with E-state index in [4.69, 9.17) is 9.47 Å². The number of methoxy groups -OCH3 is 2. The van der Waals surface area contributed by atoms with Crippen molar-refractivity contribution in [1.82, 2.24) is 0 Å². The van der Waals surface area contributed by atoms with Gasteiger partial charge >= 0.3 is 0 Å². The molecule has 1 aromatic rings. The minimum absolute atomic E-state index is 0.319. The van der Waals surface area contributed by atoms with Crippen molar-refractivity contribution >= 4 is 15.9 Å². The molecule has 88 valence electrons. The van der Waals surface area contributed by atoms with Crippen molar-refractivity contribution in [2.75, 3.05) is 14.2 Å². The average Bonchev–Trinajstić information content (AvgIpc) is 2.58. The highest BCUT2D eigenvalue weighted by molar-refractivity contribution is 9.10. The lowest BCUT2D eigenvalue weighted by atomic mass is 10.0. The molecular formula is C12H14BrFO2. The minimum Gasteiger partial charge on any atom is -0.347 e. The van der Waals surface area contributed by atoms with Crippen LogP contribution in [0, 0.1) is 6.92 Å². The zero-order valence-corrected chi connectivity index (χ0v) is 11.1. The predicted octanol–water partition coefficient (Wildman–Crippen LogP) is 3.10. The molecule has 0 amide bonds. The summed E-state index contributed by atoms with van der Waals surface area (Å²) in [4.78, 5) is 0. The van der Waals surface area contributed by atoms with Crippen LogP contribution in [-0.2, 0) is 21.7 Å². The third-order valence-corrected chi connectivity index (χ3v) is 3.96. The van der Waals surface area contributed by atoms with Crippen LogP contribution in [0.15, 0.2) is 16.6 Å². The topological polar surface area (TPSA) is 18.5 Å². The van der Waals surface area contributed by atoms with Crippen LogP contribution in [0.5, 0.6) is 0 Å². The Morgan fingerprint density at radius 1 is 1.38 bits per heavy atom. The van der Waals surface area contributed by atoms with Gasteiger partial charge in [0.15, 0.2) is 6.17 Å². The Morgan fingerprint density at radius 2 is 2.00 bits per heavy atom. The molecule has 16 heavy (non-hydrogen) atoms. The summed E-state index contributed by atoms with van der Waals surface area (Å²) >= 11 is 3.44. The van der Waals surface area contributed by atoms with Gasteiger partial charge in [-0.15, -0.1) is 0 Å². The highest BCUT2D eigenvalue weighted by Gasteiger charge is 2.50. The van der Waals surface area contributed by atoms with Crippen LogP contribution in [0.3, 0.4) is 0 Å². The molecule has 0 radical (unpaired) electrons. The number of benzene rings is 1. The number of aryl methyl sites for hydroxylation is 1. The number of hydrogen-bond donors (Lipinski definition) is 0. The highest BCUT2D eigenvalue weighted by Crippen LogP contribution is 2.46. The smallest absolute Gasteiger partial charge is 0.227 e. The summed E-state index contributed by atoms with van der Waals surface area (Å²) in [6, 6.07) is 3.87. The summed E-state index contributed by atoms with van der Waals surface area (Å²) in [5.41, 5.74) is 2.75. The highest BCUT2D eigenvalue weighted by atomic mass is 79.9. The van der Waals surface area contributed by atoms with Crippen molar-refractivity contribution in [3.63, 3.8) is 0 Å². The average molecular weight is 289 g/mol. The molecule has 0 spiro atoms. The van der Waals surface area contributed by atoms with Gasteiger partial charge in [-0.25, -0.2) is 4.39 Å². The Balaban J connectivity index is 2.68. The molecule has 1 atom stereocenters. The first kappa shape index (κ1) is 12.0. The van der Waals surface area contributed by atoms with Gasteiger partial charge in [0.25, 0.3) is 0 Å². The van der Waals surface area contributed by atoms with E-state index in [1.807, 2.05) is 19.1 Å². The van der Waals surface area contributed by atoms with Gasteiger partial charge < -0.3 is 9.47 Å². The Hall–Kier alpha value is -0.450. The third kappa shape index (κ3) is 1.44. The maximum Gasteiger partial charge on any atom is 0.227 e. The molecule has 0 fully saturated rings. The maximum absolute atomic E-state index is 14.1. The first-order valence-corrected chi connectivity index (χ1v) is 5.89. The quantitative estimate of drug-likeness (QED) is 0.779. The lowest BCUT2D eigenvalue weighted by molar-refractivity contribution is -0.245. The second kappa shape index (κ2) is 4.09. The molecule has 1 aliphatic carbocycles. The summed E-state index contributed by atoms with van der Waals surface area (Å²) in [5, 5.41) is 0.